The number of hydrogen-bond acceptors (Lipinski definition) is 1. The zero-order chi connectivity index (χ0) is 9.14. The summed E-state index contributed by atoms with van der Waals surface area (Å²) >= 11 is 0. The van der Waals surface area contributed by atoms with Crippen LogP contribution in [0.1, 0.15) is 11.1 Å². The lowest BCUT2D eigenvalue weighted by Gasteiger charge is -2.01. The van der Waals surface area contributed by atoms with Crippen LogP contribution in [0.2, 0.25) is 0 Å². The Labute approximate surface area is 69.0 Å². The van der Waals surface area contributed by atoms with Crippen molar-refractivity contribution in [1.29, 1.82) is 0 Å². The monoisotopic (exact) mass is 170 g/mol. The van der Waals surface area contributed by atoms with Gasteiger partial charge in [-0.25, -0.2) is 8.78 Å². The predicted molar refractivity (Wildman–Crippen MR) is 40.9 cm³/mol. The molecular formula is C9H8F2O. The van der Waals surface area contributed by atoms with Crippen LogP contribution in [0.3, 0.4) is 0 Å². The molecule has 0 N–H and O–H groups in total. The highest BCUT2D eigenvalue weighted by atomic mass is 19.2. The number of carbonyl (C=O) groups is 1. The van der Waals surface area contributed by atoms with Crippen LogP contribution in [0.15, 0.2) is 12.1 Å². The van der Waals surface area contributed by atoms with Crippen LogP contribution in [-0.2, 0) is 11.2 Å². The zero-order valence-corrected chi connectivity index (χ0v) is 6.60. The van der Waals surface area contributed by atoms with E-state index in [4.69, 9.17) is 0 Å². The third kappa shape index (κ3) is 1.49. The molecule has 0 amide bonds. The Hall–Kier alpha value is -1.25. The van der Waals surface area contributed by atoms with Crippen molar-refractivity contribution >= 4 is 6.29 Å². The fourth-order valence-corrected chi connectivity index (χ4v) is 0.933. The number of carbonyl (C=O) groups excluding carboxylic acids is 1. The van der Waals surface area contributed by atoms with E-state index in [1.807, 2.05) is 0 Å². The molecule has 0 aliphatic heterocycles. The lowest BCUT2D eigenvalue weighted by atomic mass is 10.1. The highest BCUT2D eigenvalue weighted by molar-refractivity contribution is 5.55. The SMILES string of the molecule is Cc1ccc(CC=O)c(F)c1F. The average molecular weight is 170 g/mol. The molecule has 0 radical (unpaired) electrons. The summed E-state index contributed by atoms with van der Waals surface area (Å²) in [6, 6.07) is 2.87. The van der Waals surface area contributed by atoms with Crippen LogP contribution in [-0.4, -0.2) is 6.29 Å². The highest BCUT2D eigenvalue weighted by Crippen LogP contribution is 2.15. The Morgan fingerprint density at radius 3 is 2.58 bits per heavy atom. The highest BCUT2D eigenvalue weighted by Gasteiger charge is 2.09. The number of halogens is 2. The summed E-state index contributed by atoms with van der Waals surface area (Å²) in [5, 5.41) is 0. The number of rotatable bonds is 2. The molecule has 1 rings (SSSR count). The van der Waals surface area contributed by atoms with Gasteiger partial charge in [-0.15, -0.1) is 0 Å². The van der Waals surface area contributed by atoms with Crippen molar-refractivity contribution in [2.24, 2.45) is 0 Å². The first-order valence-electron chi connectivity index (χ1n) is 3.54. The standard InChI is InChI=1S/C9H8F2O/c1-6-2-3-7(4-5-12)9(11)8(6)10/h2-3,5H,4H2,1H3. The maximum Gasteiger partial charge on any atom is 0.162 e. The second-order valence-corrected chi connectivity index (χ2v) is 2.54. The maximum absolute atomic E-state index is 12.9. The van der Waals surface area contributed by atoms with Gasteiger partial charge < -0.3 is 4.79 Å². The summed E-state index contributed by atoms with van der Waals surface area (Å²) < 4.78 is 25.7. The molecule has 0 heterocycles. The van der Waals surface area contributed by atoms with E-state index in [9.17, 15) is 13.6 Å². The number of benzene rings is 1. The Kier molecular flexibility index (Phi) is 2.53. The van der Waals surface area contributed by atoms with Crippen molar-refractivity contribution < 1.29 is 13.6 Å². The molecule has 0 unspecified atom stereocenters. The first kappa shape index (κ1) is 8.84. The summed E-state index contributed by atoms with van der Waals surface area (Å²) in [6.07, 6.45) is 0.468. The molecule has 64 valence electrons. The second kappa shape index (κ2) is 3.43. The molecule has 0 aliphatic rings. The van der Waals surface area contributed by atoms with Crippen LogP contribution < -0.4 is 0 Å². The first-order valence-corrected chi connectivity index (χ1v) is 3.54. The summed E-state index contributed by atoms with van der Waals surface area (Å²) in [4.78, 5) is 10.0. The second-order valence-electron chi connectivity index (χ2n) is 2.54. The van der Waals surface area contributed by atoms with E-state index in [0.717, 1.165) is 0 Å². The molecule has 0 bridgehead atoms. The molecule has 12 heavy (non-hydrogen) atoms. The van der Waals surface area contributed by atoms with E-state index < -0.39 is 11.6 Å². The third-order valence-electron chi connectivity index (χ3n) is 1.66. The Bertz CT molecular complexity index is 308. The summed E-state index contributed by atoms with van der Waals surface area (Å²) in [5.41, 5.74) is 0.357. The van der Waals surface area contributed by atoms with Gasteiger partial charge in [0.25, 0.3) is 0 Å². The summed E-state index contributed by atoms with van der Waals surface area (Å²) in [5.74, 6) is -1.78. The number of aryl methyl sites for hydroxylation is 1. The van der Waals surface area contributed by atoms with Gasteiger partial charge in [-0.3, -0.25) is 0 Å². The molecule has 0 saturated carbocycles. The molecule has 0 saturated heterocycles. The van der Waals surface area contributed by atoms with Crippen molar-refractivity contribution in [3.63, 3.8) is 0 Å². The van der Waals surface area contributed by atoms with E-state index >= 15 is 0 Å². The Morgan fingerprint density at radius 1 is 1.33 bits per heavy atom. The van der Waals surface area contributed by atoms with Gasteiger partial charge in [0.15, 0.2) is 11.6 Å². The van der Waals surface area contributed by atoms with Crippen LogP contribution in [0.25, 0.3) is 0 Å². The van der Waals surface area contributed by atoms with Gasteiger partial charge in [-0.1, -0.05) is 12.1 Å². The van der Waals surface area contributed by atoms with Gasteiger partial charge in [0.2, 0.25) is 0 Å². The minimum atomic E-state index is -0.915. The first-order chi connectivity index (χ1) is 5.66. The van der Waals surface area contributed by atoms with Gasteiger partial charge in [0.1, 0.15) is 6.29 Å². The van der Waals surface area contributed by atoms with E-state index in [0.29, 0.717) is 6.29 Å². The lowest BCUT2D eigenvalue weighted by molar-refractivity contribution is -0.107. The van der Waals surface area contributed by atoms with Crippen molar-refractivity contribution in [2.75, 3.05) is 0 Å². The van der Waals surface area contributed by atoms with E-state index in [1.54, 1.807) is 0 Å². The van der Waals surface area contributed by atoms with Gasteiger partial charge >= 0.3 is 0 Å². The fraction of sp³-hybridized carbons (Fsp3) is 0.222. The smallest absolute Gasteiger partial charge is 0.162 e. The van der Waals surface area contributed by atoms with Gasteiger partial charge in [0.05, 0.1) is 0 Å². The third-order valence-corrected chi connectivity index (χ3v) is 1.66. The number of hydrogen-bond donors (Lipinski definition) is 0. The van der Waals surface area contributed by atoms with Crippen molar-refractivity contribution in [1.82, 2.24) is 0 Å². The minimum Gasteiger partial charge on any atom is -0.303 e. The summed E-state index contributed by atoms with van der Waals surface area (Å²) in [6.45, 7) is 1.48. The van der Waals surface area contributed by atoms with Gasteiger partial charge in [0, 0.05) is 6.42 Å². The van der Waals surface area contributed by atoms with Gasteiger partial charge in [-0.05, 0) is 18.1 Å². The molecule has 0 fully saturated rings. The quantitative estimate of drug-likeness (QED) is 0.620. The Morgan fingerprint density at radius 2 is 2.00 bits per heavy atom. The summed E-state index contributed by atoms with van der Waals surface area (Å²) in [7, 11) is 0. The van der Waals surface area contributed by atoms with Crippen molar-refractivity contribution in [3.8, 4) is 0 Å². The maximum atomic E-state index is 12.9. The van der Waals surface area contributed by atoms with E-state index in [-0.39, 0.29) is 17.5 Å². The molecule has 1 nitrogen and oxygen atoms in total. The topological polar surface area (TPSA) is 17.1 Å². The van der Waals surface area contributed by atoms with Crippen LogP contribution in [0, 0.1) is 18.6 Å². The molecular weight excluding hydrogens is 162 g/mol. The largest absolute Gasteiger partial charge is 0.303 e. The molecule has 0 aromatic heterocycles. The molecule has 1 aromatic rings. The van der Waals surface area contributed by atoms with Crippen molar-refractivity contribution in [2.45, 2.75) is 13.3 Å². The molecule has 1 aromatic carbocycles. The zero-order valence-electron chi connectivity index (χ0n) is 6.60. The molecule has 0 atom stereocenters. The normalized spacial score (nSPS) is 9.92. The molecule has 0 spiro atoms. The lowest BCUT2D eigenvalue weighted by Crippen LogP contribution is -1.97. The van der Waals surface area contributed by atoms with E-state index in [1.165, 1.54) is 19.1 Å². The molecule has 3 heteroatoms. The van der Waals surface area contributed by atoms with E-state index in [2.05, 4.69) is 0 Å². The van der Waals surface area contributed by atoms with Crippen molar-refractivity contribution in [3.05, 3.63) is 34.9 Å². The molecule has 0 aliphatic carbocycles. The minimum absolute atomic E-state index is 0.0803. The van der Waals surface area contributed by atoms with Crippen LogP contribution in [0.5, 0.6) is 0 Å². The predicted octanol–water partition coefficient (Wildman–Crippen LogP) is 2.01. The number of aldehydes is 1. The van der Waals surface area contributed by atoms with Crippen LogP contribution >= 0.6 is 0 Å². The Balaban J connectivity index is 3.16. The average Bonchev–Trinajstić information content (AvgIpc) is 2.07. The van der Waals surface area contributed by atoms with Gasteiger partial charge in [-0.2, -0.15) is 0 Å². The fourth-order valence-electron chi connectivity index (χ4n) is 0.933. The van der Waals surface area contributed by atoms with Crippen LogP contribution in [0.4, 0.5) is 8.78 Å².